The molecule has 8 heteroatoms. The van der Waals surface area contributed by atoms with Crippen LogP contribution in [0.1, 0.15) is 53.4 Å². The molecule has 0 spiro atoms. The highest BCUT2D eigenvalue weighted by Gasteiger charge is 2.25. The fourth-order valence-electron chi connectivity index (χ4n) is 2.07. The van der Waals surface area contributed by atoms with Gasteiger partial charge in [0, 0.05) is 26.2 Å². The summed E-state index contributed by atoms with van der Waals surface area (Å²) in [5.41, 5.74) is 5.61. The highest BCUT2D eigenvalue weighted by atomic mass is 16.6. The standard InChI is InChI=1S/C16H34N4O4/c1-5-7-10-18-15(21)23-13(3)20(12-9-17)14(4)24-16(22)19-11-8-6-2/h13-14H,5-12,17H2,1-4H3,(H,18,21)(H,19,22). The maximum absolute atomic E-state index is 11.7. The maximum atomic E-state index is 11.7. The number of alkyl carbamates (subject to hydrolysis) is 2. The summed E-state index contributed by atoms with van der Waals surface area (Å²) >= 11 is 0. The molecule has 2 atom stereocenters. The normalized spacial score (nSPS) is 13.2. The highest BCUT2D eigenvalue weighted by Crippen LogP contribution is 2.08. The number of carbonyl (C=O) groups is 2. The SMILES string of the molecule is CCCCNC(=O)OC(C)N(CCN)C(C)OC(=O)NCCCC. The molecule has 142 valence electrons. The monoisotopic (exact) mass is 346 g/mol. The Morgan fingerprint density at radius 2 is 1.38 bits per heavy atom. The number of rotatable bonds is 12. The van der Waals surface area contributed by atoms with E-state index in [4.69, 9.17) is 15.2 Å². The van der Waals surface area contributed by atoms with Crippen molar-refractivity contribution >= 4 is 12.2 Å². The van der Waals surface area contributed by atoms with Crippen LogP contribution >= 0.6 is 0 Å². The first kappa shape index (κ1) is 22.5. The van der Waals surface area contributed by atoms with Gasteiger partial charge in [-0.2, -0.15) is 0 Å². The van der Waals surface area contributed by atoms with Crippen LogP contribution in [0.25, 0.3) is 0 Å². The van der Waals surface area contributed by atoms with Crippen LogP contribution in [0.15, 0.2) is 0 Å². The summed E-state index contributed by atoms with van der Waals surface area (Å²) in [4.78, 5) is 25.2. The molecule has 0 radical (unpaired) electrons. The van der Waals surface area contributed by atoms with Crippen molar-refractivity contribution in [2.75, 3.05) is 26.2 Å². The average molecular weight is 346 g/mol. The summed E-state index contributed by atoms with van der Waals surface area (Å²) in [6, 6.07) is 0. The summed E-state index contributed by atoms with van der Waals surface area (Å²) in [5, 5.41) is 5.37. The van der Waals surface area contributed by atoms with Crippen molar-refractivity contribution in [1.82, 2.24) is 15.5 Å². The molecule has 8 nitrogen and oxygen atoms in total. The number of unbranched alkanes of at least 4 members (excludes halogenated alkanes) is 2. The highest BCUT2D eigenvalue weighted by molar-refractivity contribution is 5.67. The van der Waals surface area contributed by atoms with Gasteiger partial charge in [-0.05, 0) is 26.7 Å². The van der Waals surface area contributed by atoms with E-state index in [0.29, 0.717) is 26.2 Å². The molecule has 0 saturated heterocycles. The minimum absolute atomic E-state index is 0.357. The van der Waals surface area contributed by atoms with Gasteiger partial charge >= 0.3 is 12.2 Å². The van der Waals surface area contributed by atoms with Crippen molar-refractivity contribution in [3.05, 3.63) is 0 Å². The molecule has 2 unspecified atom stereocenters. The second-order valence-electron chi connectivity index (χ2n) is 5.60. The third kappa shape index (κ3) is 10.3. The molecule has 0 aliphatic heterocycles. The number of amides is 2. The van der Waals surface area contributed by atoms with Gasteiger partial charge in [0.15, 0.2) is 12.5 Å². The molecule has 0 aliphatic carbocycles. The smallest absolute Gasteiger partial charge is 0.408 e. The zero-order chi connectivity index (χ0) is 18.4. The molecule has 0 saturated carbocycles. The average Bonchev–Trinajstić information content (AvgIpc) is 2.52. The Labute approximate surface area is 145 Å². The summed E-state index contributed by atoms with van der Waals surface area (Å²) < 4.78 is 10.6. The van der Waals surface area contributed by atoms with Crippen LogP contribution < -0.4 is 16.4 Å². The van der Waals surface area contributed by atoms with E-state index in [1.807, 2.05) is 13.8 Å². The lowest BCUT2D eigenvalue weighted by molar-refractivity contribution is -0.0898. The number of nitrogens with zero attached hydrogens (tertiary/aromatic N) is 1. The van der Waals surface area contributed by atoms with Crippen LogP contribution in [0, 0.1) is 0 Å². The predicted molar refractivity (Wildman–Crippen MR) is 93.5 cm³/mol. The Morgan fingerprint density at radius 3 is 1.71 bits per heavy atom. The fraction of sp³-hybridized carbons (Fsp3) is 0.875. The number of nitrogens with one attached hydrogen (secondary N) is 2. The van der Waals surface area contributed by atoms with Crippen molar-refractivity contribution in [3.8, 4) is 0 Å². The van der Waals surface area contributed by atoms with Crippen LogP contribution in [0.2, 0.25) is 0 Å². The third-order valence-electron chi connectivity index (χ3n) is 3.48. The van der Waals surface area contributed by atoms with Gasteiger partial charge < -0.3 is 25.8 Å². The van der Waals surface area contributed by atoms with Gasteiger partial charge in [0.25, 0.3) is 0 Å². The molecule has 0 fully saturated rings. The van der Waals surface area contributed by atoms with Crippen LogP contribution in [0.3, 0.4) is 0 Å². The third-order valence-corrected chi connectivity index (χ3v) is 3.48. The van der Waals surface area contributed by atoms with Gasteiger partial charge in [-0.3, -0.25) is 0 Å². The van der Waals surface area contributed by atoms with Gasteiger partial charge in [0.2, 0.25) is 0 Å². The topological polar surface area (TPSA) is 106 Å². The number of carbonyl (C=O) groups excluding carboxylic acids is 2. The van der Waals surface area contributed by atoms with Crippen LogP contribution in [-0.4, -0.2) is 55.7 Å². The zero-order valence-electron chi connectivity index (χ0n) is 15.5. The lowest BCUT2D eigenvalue weighted by Crippen LogP contribution is -2.49. The molecule has 0 bridgehead atoms. The summed E-state index contributed by atoms with van der Waals surface area (Å²) in [5.74, 6) is 0. The van der Waals surface area contributed by atoms with Gasteiger partial charge in [0.1, 0.15) is 0 Å². The first-order chi connectivity index (χ1) is 11.5. The van der Waals surface area contributed by atoms with E-state index in [1.165, 1.54) is 0 Å². The summed E-state index contributed by atoms with van der Waals surface area (Å²) in [6.45, 7) is 9.49. The van der Waals surface area contributed by atoms with Crippen molar-refractivity contribution in [1.29, 1.82) is 0 Å². The van der Waals surface area contributed by atoms with E-state index in [1.54, 1.807) is 18.7 Å². The van der Waals surface area contributed by atoms with Gasteiger partial charge in [0.05, 0.1) is 0 Å². The van der Waals surface area contributed by atoms with Gasteiger partial charge in [-0.1, -0.05) is 26.7 Å². The number of hydrogen-bond acceptors (Lipinski definition) is 6. The summed E-state index contributed by atoms with van der Waals surface area (Å²) in [6.07, 6.45) is 1.68. The van der Waals surface area contributed by atoms with Crippen molar-refractivity contribution in [2.45, 2.75) is 65.8 Å². The molecular weight excluding hydrogens is 312 g/mol. The molecule has 0 heterocycles. The van der Waals surface area contributed by atoms with Crippen molar-refractivity contribution in [2.24, 2.45) is 5.73 Å². The Morgan fingerprint density at radius 1 is 0.958 bits per heavy atom. The molecule has 24 heavy (non-hydrogen) atoms. The van der Waals surface area contributed by atoms with Crippen LogP contribution in [-0.2, 0) is 9.47 Å². The maximum Gasteiger partial charge on any atom is 0.408 e. The Bertz CT molecular complexity index is 325. The molecule has 0 aromatic carbocycles. The predicted octanol–water partition coefficient (Wildman–Crippen LogP) is 1.99. The molecule has 0 aliphatic rings. The van der Waals surface area contributed by atoms with Gasteiger partial charge in [-0.25, -0.2) is 14.5 Å². The zero-order valence-corrected chi connectivity index (χ0v) is 15.5. The fourth-order valence-corrected chi connectivity index (χ4v) is 2.07. The number of nitrogens with two attached hydrogens (primary N) is 1. The van der Waals surface area contributed by atoms with E-state index >= 15 is 0 Å². The van der Waals surface area contributed by atoms with Crippen molar-refractivity contribution < 1.29 is 19.1 Å². The molecular formula is C16H34N4O4. The van der Waals surface area contributed by atoms with Crippen LogP contribution in [0.5, 0.6) is 0 Å². The van der Waals surface area contributed by atoms with E-state index in [0.717, 1.165) is 25.7 Å². The quantitative estimate of drug-likeness (QED) is 0.369. The minimum atomic E-state index is -0.561. The Hall–Kier alpha value is -1.54. The lowest BCUT2D eigenvalue weighted by Gasteiger charge is -2.32. The van der Waals surface area contributed by atoms with Crippen molar-refractivity contribution in [3.63, 3.8) is 0 Å². The van der Waals surface area contributed by atoms with E-state index < -0.39 is 24.6 Å². The minimum Gasteiger partial charge on any atom is -0.430 e. The van der Waals surface area contributed by atoms with Gasteiger partial charge in [-0.15, -0.1) is 0 Å². The van der Waals surface area contributed by atoms with E-state index in [-0.39, 0.29) is 0 Å². The number of hydrogen-bond donors (Lipinski definition) is 3. The second-order valence-corrected chi connectivity index (χ2v) is 5.60. The van der Waals surface area contributed by atoms with E-state index in [9.17, 15) is 9.59 Å². The molecule has 0 aromatic rings. The number of ether oxygens (including phenoxy) is 2. The Balaban J connectivity index is 4.41. The molecule has 4 N–H and O–H groups in total. The summed E-state index contributed by atoms with van der Waals surface area (Å²) in [7, 11) is 0. The first-order valence-electron chi connectivity index (χ1n) is 8.80. The van der Waals surface area contributed by atoms with E-state index in [2.05, 4.69) is 10.6 Å². The lowest BCUT2D eigenvalue weighted by atomic mass is 10.3. The molecule has 0 rings (SSSR count). The largest absolute Gasteiger partial charge is 0.430 e. The second kappa shape index (κ2) is 13.9. The molecule has 0 aromatic heterocycles. The Kier molecular flexibility index (Phi) is 13.0. The molecule has 2 amide bonds. The first-order valence-corrected chi connectivity index (χ1v) is 8.80. The van der Waals surface area contributed by atoms with Crippen LogP contribution in [0.4, 0.5) is 9.59 Å².